The van der Waals surface area contributed by atoms with Gasteiger partial charge < -0.3 is 5.11 Å². The molecule has 0 heterocycles. The summed E-state index contributed by atoms with van der Waals surface area (Å²) in [5.41, 5.74) is 0. The first-order valence-corrected chi connectivity index (χ1v) is 7.84. The zero-order chi connectivity index (χ0) is 5.58. The van der Waals surface area contributed by atoms with Gasteiger partial charge in [0, 0.05) is 43.3 Å². The van der Waals surface area contributed by atoms with Gasteiger partial charge in [0.25, 0.3) is 0 Å². The first-order valence-electron chi connectivity index (χ1n) is 1.56. The highest BCUT2D eigenvalue weighted by molar-refractivity contribution is 15.0. The third kappa shape index (κ3) is 52.5. The Morgan fingerprint density at radius 3 is 1.33 bits per heavy atom. The van der Waals surface area contributed by atoms with Crippen LogP contribution < -0.4 is 0 Å². The molecule has 40 valence electrons. The fraction of sp³-hybridized carbons (Fsp3) is 1.00. The Bertz CT molecular complexity index is 13.5. The zero-order valence-corrected chi connectivity index (χ0v) is 8.10. The molecule has 0 aliphatic heterocycles. The number of hydrogen-bond acceptors (Lipinski definition) is 1. The summed E-state index contributed by atoms with van der Waals surface area (Å²) >= 11 is 4.24. The number of halogens is 2. The normalized spacial score (nSPS) is 7.00. The minimum atomic E-state index is -0.167. The summed E-state index contributed by atoms with van der Waals surface area (Å²) in [6, 6.07) is 0. The Kier molecular flexibility index (Phi) is 16.7. The lowest BCUT2D eigenvalue weighted by molar-refractivity contribution is 0.216. The van der Waals surface area contributed by atoms with Crippen LogP contribution in [0.5, 0.6) is 0 Å². The molecule has 0 aliphatic rings. The molecule has 0 spiro atoms. The van der Waals surface area contributed by atoms with Gasteiger partial charge in [0.05, 0.1) is 0 Å². The lowest BCUT2D eigenvalue weighted by atomic mass is 10.5. The maximum atomic E-state index is 8.06. The topological polar surface area (TPSA) is 20.2 Å². The molecular weight excluding hydrogens is 306 g/mol. The number of aliphatic hydroxyl groups excluding tert-OH is 1. The fourth-order valence-corrected chi connectivity index (χ4v) is 0. The molecule has 0 unspecified atom stereocenters. The Balaban J connectivity index is 0. The zero-order valence-electron chi connectivity index (χ0n) is 3.78. The Labute approximate surface area is 61.8 Å². The molecule has 0 aromatic heterocycles. The van der Waals surface area contributed by atoms with Crippen molar-refractivity contribution in [3.63, 3.8) is 0 Å². The highest BCUT2D eigenvalue weighted by Crippen LogP contribution is 1.89. The van der Waals surface area contributed by atoms with E-state index in [4.69, 9.17) is 5.11 Å². The van der Waals surface area contributed by atoms with Gasteiger partial charge >= 0.3 is 0 Å². The smallest absolute Gasteiger partial charge is 0.0483 e. The molecule has 0 aromatic rings. The van der Waals surface area contributed by atoms with Crippen LogP contribution in [0.1, 0.15) is 13.8 Å². The van der Waals surface area contributed by atoms with E-state index in [-0.39, 0.29) is 6.10 Å². The number of aliphatic hydroxyl groups is 1. The molecule has 0 radical (unpaired) electrons. The van der Waals surface area contributed by atoms with E-state index >= 15 is 0 Å². The minimum absolute atomic E-state index is 0.167. The van der Waals surface area contributed by atoms with Crippen molar-refractivity contribution < 1.29 is 5.11 Å². The maximum Gasteiger partial charge on any atom is 0.0483 e. The van der Waals surface area contributed by atoms with Crippen LogP contribution in [0.25, 0.3) is 0 Å². The van der Waals surface area contributed by atoms with E-state index in [2.05, 4.69) is 37.2 Å². The first-order chi connectivity index (χ1) is 2.73. The monoisotopic (exact) mass is 314 g/mol. The van der Waals surface area contributed by atoms with E-state index in [1.54, 1.807) is 13.8 Å². The summed E-state index contributed by atoms with van der Waals surface area (Å²) in [4.78, 5) is 0. The standard InChI is InChI=1S/C3H8O.I2/c1-3(2)4;1-2/h3-4H,1-2H3;. The molecule has 0 atom stereocenters. The second-order valence-electron chi connectivity index (χ2n) is 1.09. The fourth-order valence-electron chi connectivity index (χ4n) is 0. The quantitative estimate of drug-likeness (QED) is 0.680. The predicted molar refractivity (Wildman–Crippen MR) is 45.4 cm³/mol. The van der Waals surface area contributed by atoms with E-state index in [9.17, 15) is 0 Å². The Hall–Kier alpha value is 1.42. The Morgan fingerprint density at radius 2 is 1.33 bits per heavy atom. The number of rotatable bonds is 0. The van der Waals surface area contributed by atoms with Crippen molar-refractivity contribution in [2.45, 2.75) is 20.0 Å². The van der Waals surface area contributed by atoms with E-state index in [1.807, 2.05) is 0 Å². The summed E-state index contributed by atoms with van der Waals surface area (Å²) in [6.45, 7) is 3.44. The van der Waals surface area contributed by atoms with Crippen molar-refractivity contribution in [3.8, 4) is 0 Å². The summed E-state index contributed by atoms with van der Waals surface area (Å²) in [5, 5.41) is 8.06. The molecule has 0 saturated carbocycles. The molecule has 0 fully saturated rings. The molecule has 0 rings (SSSR count). The second-order valence-corrected chi connectivity index (χ2v) is 1.09. The average Bonchev–Trinajstić information content (AvgIpc) is 1.41. The van der Waals surface area contributed by atoms with E-state index in [0.29, 0.717) is 0 Å². The maximum absolute atomic E-state index is 8.06. The first kappa shape index (κ1) is 10.4. The molecule has 0 amide bonds. The van der Waals surface area contributed by atoms with Gasteiger partial charge in [0.15, 0.2) is 0 Å². The molecule has 0 bridgehead atoms. The van der Waals surface area contributed by atoms with Gasteiger partial charge in [-0.05, 0) is 13.8 Å². The van der Waals surface area contributed by atoms with Crippen molar-refractivity contribution in [2.24, 2.45) is 0 Å². The molecular formula is C3H8I2O. The van der Waals surface area contributed by atoms with Gasteiger partial charge in [0.1, 0.15) is 0 Å². The van der Waals surface area contributed by atoms with E-state index < -0.39 is 0 Å². The van der Waals surface area contributed by atoms with Crippen molar-refractivity contribution in [2.75, 3.05) is 0 Å². The van der Waals surface area contributed by atoms with Gasteiger partial charge in [-0.2, -0.15) is 0 Å². The molecule has 1 nitrogen and oxygen atoms in total. The van der Waals surface area contributed by atoms with Crippen LogP contribution in [0.4, 0.5) is 0 Å². The molecule has 0 aromatic carbocycles. The predicted octanol–water partition coefficient (Wildman–Crippen LogP) is 2.16. The number of hydrogen-bond donors (Lipinski definition) is 1. The SMILES string of the molecule is CC(C)O.II. The lowest BCUT2D eigenvalue weighted by Gasteiger charge is -1.80. The van der Waals surface area contributed by atoms with Gasteiger partial charge in [-0.25, -0.2) is 0 Å². The molecule has 0 saturated heterocycles. The second kappa shape index (κ2) is 9.65. The summed E-state index contributed by atoms with van der Waals surface area (Å²) < 4.78 is 0. The van der Waals surface area contributed by atoms with Crippen LogP contribution in [-0.4, -0.2) is 11.2 Å². The van der Waals surface area contributed by atoms with Crippen molar-refractivity contribution >= 4 is 37.2 Å². The van der Waals surface area contributed by atoms with Crippen LogP contribution in [0.3, 0.4) is 0 Å². The van der Waals surface area contributed by atoms with Crippen molar-refractivity contribution in [1.82, 2.24) is 0 Å². The molecule has 0 aliphatic carbocycles. The third-order valence-corrected chi connectivity index (χ3v) is 0. The van der Waals surface area contributed by atoms with Gasteiger partial charge in [-0.3, -0.25) is 0 Å². The summed E-state index contributed by atoms with van der Waals surface area (Å²) in [7, 11) is 0. The van der Waals surface area contributed by atoms with E-state index in [0.717, 1.165) is 0 Å². The average molecular weight is 314 g/mol. The van der Waals surface area contributed by atoms with Crippen LogP contribution in [0, 0.1) is 0 Å². The van der Waals surface area contributed by atoms with Crippen LogP contribution in [0.2, 0.25) is 0 Å². The third-order valence-electron chi connectivity index (χ3n) is 0. The van der Waals surface area contributed by atoms with E-state index in [1.165, 1.54) is 0 Å². The van der Waals surface area contributed by atoms with Gasteiger partial charge in [-0.15, -0.1) is 0 Å². The highest BCUT2D eigenvalue weighted by Gasteiger charge is 1.69. The van der Waals surface area contributed by atoms with Crippen molar-refractivity contribution in [3.05, 3.63) is 0 Å². The summed E-state index contributed by atoms with van der Waals surface area (Å²) in [6.07, 6.45) is -0.167. The minimum Gasteiger partial charge on any atom is -0.394 e. The molecule has 1 N–H and O–H groups in total. The lowest BCUT2D eigenvalue weighted by Crippen LogP contribution is -1.85. The Morgan fingerprint density at radius 1 is 1.33 bits per heavy atom. The molecule has 3 heteroatoms. The van der Waals surface area contributed by atoms with Crippen LogP contribution in [0.15, 0.2) is 0 Å². The molecule has 6 heavy (non-hydrogen) atoms. The van der Waals surface area contributed by atoms with Crippen LogP contribution >= 0.6 is 37.2 Å². The summed E-state index contributed by atoms with van der Waals surface area (Å²) in [5.74, 6) is 0. The van der Waals surface area contributed by atoms with Crippen LogP contribution in [-0.2, 0) is 0 Å². The van der Waals surface area contributed by atoms with Gasteiger partial charge in [-0.1, -0.05) is 0 Å². The van der Waals surface area contributed by atoms with Crippen molar-refractivity contribution in [1.29, 1.82) is 0 Å². The van der Waals surface area contributed by atoms with Gasteiger partial charge in [0.2, 0.25) is 0 Å². The largest absolute Gasteiger partial charge is 0.394 e. The highest BCUT2D eigenvalue weighted by atomic mass is 128.